The Morgan fingerprint density at radius 2 is 1.96 bits per heavy atom. The second-order valence-corrected chi connectivity index (χ2v) is 7.20. The maximum Gasteiger partial charge on any atom is 0.221 e. The van der Waals surface area contributed by atoms with E-state index in [1.807, 2.05) is 24.3 Å². The fraction of sp³-hybridized carbons (Fsp3) is 0.550. The highest BCUT2D eigenvalue weighted by atomic mass is 16.5. The van der Waals surface area contributed by atoms with Gasteiger partial charge in [-0.15, -0.1) is 0 Å². The average Bonchev–Trinajstić information content (AvgIpc) is 3.54. The van der Waals surface area contributed by atoms with Crippen LogP contribution in [-0.2, 0) is 9.53 Å². The summed E-state index contributed by atoms with van der Waals surface area (Å²) in [6.45, 7) is 5.59. The average molecular weight is 369 g/mol. The smallest absolute Gasteiger partial charge is 0.221 e. The second-order valence-electron chi connectivity index (χ2n) is 7.20. The number of para-hydroxylation sites is 1. The number of morpholine rings is 1. The quantitative estimate of drug-likeness (QED) is 0.738. The van der Waals surface area contributed by atoms with E-state index in [-0.39, 0.29) is 5.91 Å². The van der Waals surface area contributed by atoms with Crippen molar-refractivity contribution in [2.24, 2.45) is 0 Å². The van der Waals surface area contributed by atoms with Gasteiger partial charge in [-0.3, -0.25) is 9.69 Å². The number of amides is 1. The molecule has 2 aromatic rings. The molecule has 7 nitrogen and oxygen atoms in total. The summed E-state index contributed by atoms with van der Waals surface area (Å²) < 4.78 is 5.33. The Morgan fingerprint density at radius 3 is 2.78 bits per heavy atom. The summed E-state index contributed by atoms with van der Waals surface area (Å²) in [5.74, 6) is 2.32. The normalized spacial score (nSPS) is 17.8. The number of carbonyl (C=O) groups is 1. The molecule has 7 heteroatoms. The third-order valence-electron chi connectivity index (χ3n) is 5.06. The van der Waals surface area contributed by atoms with Gasteiger partial charge in [0.05, 0.1) is 18.7 Å². The molecule has 1 aromatic carbocycles. The zero-order chi connectivity index (χ0) is 18.5. The first-order chi connectivity index (χ1) is 13.3. The van der Waals surface area contributed by atoms with Crippen molar-refractivity contribution in [2.75, 3.05) is 51.3 Å². The minimum atomic E-state index is 0.0662. The van der Waals surface area contributed by atoms with Gasteiger partial charge in [0.15, 0.2) is 0 Å². The Balaban J connectivity index is 1.26. The molecule has 1 saturated carbocycles. The summed E-state index contributed by atoms with van der Waals surface area (Å²) in [6, 6.07) is 8.03. The molecular formula is C20H27N5O2. The van der Waals surface area contributed by atoms with E-state index in [1.54, 1.807) is 0 Å². The Morgan fingerprint density at radius 1 is 1.15 bits per heavy atom. The van der Waals surface area contributed by atoms with Crippen LogP contribution in [0.25, 0.3) is 10.9 Å². The summed E-state index contributed by atoms with van der Waals surface area (Å²) in [7, 11) is 0. The van der Waals surface area contributed by atoms with Crippen molar-refractivity contribution < 1.29 is 9.53 Å². The number of fused-ring (bicyclic) bond motifs is 1. The van der Waals surface area contributed by atoms with E-state index < -0.39 is 0 Å². The summed E-state index contributed by atoms with van der Waals surface area (Å²) >= 11 is 0. The first-order valence-electron chi connectivity index (χ1n) is 9.87. The van der Waals surface area contributed by atoms with Crippen molar-refractivity contribution in [3.05, 3.63) is 30.1 Å². The highest BCUT2D eigenvalue weighted by Crippen LogP contribution is 2.39. The van der Waals surface area contributed by atoms with Gasteiger partial charge >= 0.3 is 0 Å². The van der Waals surface area contributed by atoms with Gasteiger partial charge in [0.25, 0.3) is 0 Å². The molecule has 0 bridgehead atoms. The van der Waals surface area contributed by atoms with Crippen molar-refractivity contribution in [1.29, 1.82) is 0 Å². The second kappa shape index (κ2) is 8.63. The van der Waals surface area contributed by atoms with Crippen molar-refractivity contribution in [1.82, 2.24) is 20.2 Å². The van der Waals surface area contributed by atoms with Crippen molar-refractivity contribution >= 4 is 22.6 Å². The number of carbonyl (C=O) groups excluding carboxylic acids is 1. The Kier molecular flexibility index (Phi) is 5.79. The number of anilines is 1. The van der Waals surface area contributed by atoms with Crippen LogP contribution in [0, 0.1) is 0 Å². The van der Waals surface area contributed by atoms with E-state index in [2.05, 4.69) is 20.5 Å². The molecule has 1 saturated heterocycles. The van der Waals surface area contributed by atoms with Gasteiger partial charge in [-0.1, -0.05) is 12.1 Å². The van der Waals surface area contributed by atoms with Crippen LogP contribution in [0.5, 0.6) is 0 Å². The minimum Gasteiger partial charge on any atom is -0.379 e. The van der Waals surface area contributed by atoms with Crippen molar-refractivity contribution in [3.63, 3.8) is 0 Å². The molecule has 1 aromatic heterocycles. The van der Waals surface area contributed by atoms with E-state index in [0.717, 1.165) is 55.4 Å². The van der Waals surface area contributed by atoms with Crippen LogP contribution < -0.4 is 10.6 Å². The lowest BCUT2D eigenvalue weighted by molar-refractivity contribution is -0.120. The third-order valence-corrected chi connectivity index (χ3v) is 5.06. The lowest BCUT2D eigenvalue weighted by Gasteiger charge is -2.26. The number of nitrogens with zero attached hydrogens (tertiary/aromatic N) is 3. The number of aromatic nitrogens is 2. The molecule has 2 N–H and O–H groups in total. The lowest BCUT2D eigenvalue weighted by Crippen LogP contribution is -2.41. The van der Waals surface area contributed by atoms with Crippen LogP contribution >= 0.6 is 0 Å². The Bertz CT molecular complexity index is 787. The fourth-order valence-electron chi connectivity index (χ4n) is 3.31. The zero-order valence-corrected chi connectivity index (χ0v) is 15.6. The first-order valence-corrected chi connectivity index (χ1v) is 9.87. The molecule has 2 fully saturated rings. The molecule has 2 aliphatic rings. The van der Waals surface area contributed by atoms with E-state index in [4.69, 9.17) is 9.72 Å². The molecular weight excluding hydrogens is 342 g/mol. The molecule has 0 atom stereocenters. The van der Waals surface area contributed by atoms with Crippen LogP contribution in [-0.4, -0.2) is 66.7 Å². The number of hydrogen-bond acceptors (Lipinski definition) is 6. The number of benzene rings is 1. The Hall–Kier alpha value is -2.25. The molecule has 1 aliphatic carbocycles. The van der Waals surface area contributed by atoms with Gasteiger partial charge in [-0.05, 0) is 25.0 Å². The van der Waals surface area contributed by atoms with Gasteiger partial charge < -0.3 is 15.4 Å². The Labute approximate surface area is 159 Å². The molecule has 1 aliphatic heterocycles. The standard InChI is InChI=1S/C20H27N5O2/c26-18(21-9-10-25-11-13-27-14-12-25)7-8-22-20-16-3-1-2-4-17(16)23-19(24-20)15-5-6-15/h1-4,15H,5-14H2,(H,21,26)(H,22,23,24). The molecule has 0 unspecified atom stereocenters. The molecule has 27 heavy (non-hydrogen) atoms. The SMILES string of the molecule is O=C(CCNc1nc(C2CC2)nc2ccccc12)NCCN1CCOCC1. The van der Waals surface area contributed by atoms with Crippen molar-refractivity contribution in [2.45, 2.75) is 25.2 Å². The van der Waals surface area contributed by atoms with Crippen LogP contribution in [0.2, 0.25) is 0 Å². The predicted molar refractivity (Wildman–Crippen MR) is 105 cm³/mol. The van der Waals surface area contributed by atoms with Crippen LogP contribution in [0.4, 0.5) is 5.82 Å². The van der Waals surface area contributed by atoms with E-state index >= 15 is 0 Å². The lowest BCUT2D eigenvalue weighted by atomic mass is 10.2. The summed E-state index contributed by atoms with van der Waals surface area (Å²) in [5.41, 5.74) is 0.965. The topological polar surface area (TPSA) is 79.4 Å². The molecule has 0 radical (unpaired) electrons. The molecule has 1 amide bonds. The summed E-state index contributed by atoms with van der Waals surface area (Å²) in [5, 5.41) is 7.35. The first kappa shape index (κ1) is 18.1. The predicted octanol–water partition coefficient (Wildman–Crippen LogP) is 1.76. The van der Waals surface area contributed by atoms with Crippen LogP contribution in [0.1, 0.15) is 31.0 Å². The molecule has 0 spiro atoms. The largest absolute Gasteiger partial charge is 0.379 e. The van der Waals surface area contributed by atoms with Crippen LogP contribution in [0.3, 0.4) is 0 Å². The number of hydrogen-bond donors (Lipinski definition) is 2. The van der Waals surface area contributed by atoms with Crippen LogP contribution in [0.15, 0.2) is 24.3 Å². The number of ether oxygens (including phenoxy) is 1. The monoisotopic (exact) mass is 369 g/mol. The third kappa shape index (κ3) is 4.93. The van der Waals surface area contributed by atoms with Gasteiger partial charge in [0, 0.05) is 50.4 Å². The number of rotatable bonds is 8. The van der Waals surface area contributed by atoms with Gasteiger partial charge in [-0.25, -0.2) is 9.97 Å². The summed E-state index contributed by atoms with van der Waals surface area (Å²) in [6.07, 6.45) is 2.77. The highest BCUT2D eigenvalue weighted by Gasteiger charge is 2.27. The molecule has 2 heterocycles. The fourth-order valence-corrected chi connectivity index (χ4v) is 3.31. The molecule has 144 valence electrons. The minimum absolute atomic E-state index is 0.0662. The maximum absolute atomic E-state index is 12.1. The van der Waals surface area contributed by atoms with Crippen molar-refractivity contribution in [3.8, 4) is 0 Å². The highest BCUT2D eigenvalue weighted by molar-refractivity contribution is 5.89. The number of nitrogens with one attached hydrogen (secondary N) is 2. The van der Waals surface area contributed by atoms with E-state index in [0.29, 0.717) is 25.4 Å². The molecule has 4 rings (SSSR count). The van der Waals surface area contributed by atoms with Gasteiger partial charge in [0.1, 0.15) is 11.6 Å². The van der Waals surface area contributed by atoms with Gasteiger partial charge in [0.2, 0.25) is 5.91 Å². The van der Waals surface area contributed by atoms with Gasteiger partial charge in [-0.2, -0.15) is 0 Å². The van der Waals surface area contributed by atoms with E-state index in [9.17, 15) is 4.79 Å². The summed E-state index contributed by atoms with van der Waals surface area (Å²) in [4.78, 5) is 23.8. The zero-order valence-electron chi connectivity index (χ0n) is 15.6. The maximum atomic E-state index is 12.1. The van der Waals surface area contributed by atoms with E-state index in [1.165, 1.54) is 12.8 Å².